The Morgan fingerprint density at radius 1 is 1.50 bits per heavy atom. The minimum absolute atomic E-state index is 0.905. The molecular weight excluding hydrogens is 150 g/mol. The van der Waals surface area contributed by atoms with Crippen LogP contribution in [0.15, 0.2) is 18.3 Å². The van der Waals surface area contributed by atoms with Gasteiger partial charge in [-0.05, 0) is 26.0 Å². The van der Waals surface area contributed by atoms with Gasteiger partial charge in [-0.1, -0.05) is 0 Å². The van der Waals surface area contributed by atoms with Crippen molar-refractivity contribution in [1.82, 2.24) is 14.8 Å². The van der Waals surface area contributed by atoms with Gasteiger partial charge >= 0.3 is 0 Å². The first kappa shape index (κ1) is 7.28. The zero-order valence-electron chi connectivity index (χ0n) is 7.28. The number of aryl methyl sites for hydroxylation is 2. The zero-order chi connectivity index (χ0) is 8.55. The van der Waals surface area contributed by atoms with Gasteiger partial charge in [0.25, 0.3) is 0 Å². The number of hydrogen-bond acceptors (Lipinski definition) is 2. The maximum absolute atomic E-state index is 4.38. The molecule has 0 spiro atoms. The lowest BCUT2D eigenvalue weighted by Gasteiger charge is -1.95. The SMILES string of the molecule is CCn1nc2cccnc2c1C. The van der Waals surface area contributed by atoms with Crippen molar-refractivity contribution in [2.24, 2.45) is 0 Å². The predicted molar refractivity (Wildman–Crippen MR) is 47.9 cm³/mol. The molecule has 0 aliphatic heterocycles. The number of fused-ring (bicyclic) bond motifs is 1. The maximum atomic E-state index is 4.38. The third-order valence-corrected chi connectivity index (χ3v) is 2.04. The monoisotopic (exact) mass is 161 g/mol. The molecule has 0 saturated heterocycles. The van der Waals surface area contributed by atoms with Crippen molar-refractivity contribution in [2.75, 3.05) is 0 Å². The third-order valence-electron chi connectivity index (χ3n) is 2.04. The first-order valence-corrected chi connectivity index (χ1v) is 4.11. The van der Waals surface area contributed by atoms with Crippen molar-refractivity contribution < 1.29 is 0 Å². The predicted octanol–water partition coefficient (Wildman–Crippen LogP) is 1.76. The summed E-state index contributed by atoms with van der Waals surface area (Å²) in [6.07, 6.45) is 1.80. The summed E-state index contributed by atoms with van der Waals surface area (Å²) < 4.78 is 1.97. The average Bonchev–Trinajstić information content (AvgIpc) is 2.44. The molecule has 0 saturated carbocycles. The number of hydrogen-bond donors (Lipinski definition) is 0. The summed E-state index contributed by atoms with van der Waals surface area (Å²) in [5, 5.41) is 4.38. The number of aromatic nitrogens is 3. The lowest BCUT2D eigenvalue weighted by Crippen LogP contribution is -1.97. The summed E-state index contributed by atoms with van der Waals surface area (Å²) in [7, 11) is 0. The van der Waals surface area contributed by atoms with Gasteiger partial charge in [0, 0.05) is 12.7 Å². The Morgan fingerprint density at radius 3 is 3.00 bits per heavy atom. The Labute approximate surface area is 71.0 Å². The standard InChI is InChI=1S/C9H11N3/c1-3-12-7(2)9-8(11-12)5-4-6-10-9/h4-6H,3H2,1-2H3. The van der Waals surface area contributed by atoms with E-state index in [4.69, 9.17) is 0 Å². The third kappa shape index (κ3) is 0.897. The zero-order valence-corrected chi connectivity index (χ0v) is 7.28. The Morgan fingerprint density at radius 2 is 2.33 bits per heavy atom. The molecule has 3 heteroatoms. The highest BCUT2D eigenvalue weighted by Crippen LogP contribution is 2.13. The Bertz CT molecular complexity index is 403. The highest BCUT2D eigenvalue weighted by molar-refractivity contribution is 5.76. The molecule has 0 fully saturated rings. The highest BCUT2D eigenvalue weighted by Gasteiger charge is 2.04. The Balaban J connectivity index is 2.78. The van der Waals surface area contributed by atoms with Gasteiger partial charge in [0.2, 0.25) is 0 Å². The molecule has 0 bridgehead atoms. The minimum Gasteiger partial charge on any atom is -0.267 e. The molecule has 0 aliphatic carbocycles. The second-order valence-corrected chi connectivity index (χ2v) is 2.77. The summed E-state index contributed by atoms with van der Waals surface area (Å²) in [5.41, 5.74) is 3.14. The average molecular weight is 161 g/mol. The molecule has 2 aromatic rings. The van der Waals surface area contributed by atoms with E-state index in [-0.39, 0.29) is 0 Å². The highest BCUT2D eigenvalue weighted by atomic mass is 15.3. The van der Waals surface area contributed by atoms with Gasteiger partial charge in [0.1, 0.15) is 11.0 Å². The molecule has 2 rings (SSSR count). The van der Waals surface area contributed by atoms with E-state index in [1.807, 2.05) is 23.7 Å². The van der Waals surface area contributed by atoms with Crippen molar-refractivity contribution >= 4 is 11.0 Å². The second-order valence-electron chi connectivity index (χ2n) is 2.77. The van der Waals surface area contributed by atoms with E-state index in [2.05, 4.69) is 17.0 Å². The summed E-state index contributed by atoms with van der Waals surface area (Å²) in [4.78, 5) is 4.27. The van der Waals surface area contributed by atoms with E-state index < -0.39 is 0 Å². The van der Waals surface area contributed by atoms with Crippen molar-refractivity contribution in [3.8, 4) is 0 Å². The number of nitrogens with zero attached hydrogens (tertiary/aromatic N) is 3. The van der Waals surface area contributed by atoms with Gasteiger partial charge in [-0.25, -0.2) is 0 Å². The number of pyridine rings is 1. The summed E-state index contributed by atoms with van der Waals surface area (Å²) >= 11 is 0. The summed E-state index contributed by atoms with van der Waals surface area (Å²) in [5.74, 6) is 0. The van der Waals surface area contributed by atoms with Gasteiger partial charge in [0.05, 0.1) is 5.69 Å². The molecule has 0 aliphatic rings. The molecule has 2 aromatic heterocycles. The van der Waals surface area contributed by atoms with Crippen LogP contribution in [0, 0.1) is 6.92 Å². The van der Waals surface area contributed by atoms with Crippen molar-refractivity contribution in [3.63, 3.8) is 0 Å². The summed E-state index contributed by atoms with van der Waals surface area (Å²) in [6, 6.07) is 3.90. The normalized spacial score (nSPS) is 10.8. The van der Waals surface area contributed by atoms with Gasteiger partial charge in [0.15, 0.2) is 0 Å². The van der Waals surface area contributed by atoms with Crippen molar-refractivity contribution in [2.45, 2.75) is 20.4 Å². The van der Waals surface area contributed by atoms with E-state index in [1.165, 1.54) is 0 Å². The summed E-state index contributed by atoms with van der Waals surface area (Å²) in [6.45, 7) is 5.03. The molecule has 0 N–H and O–H groups in total. The van der Waals surface area contributed by atoms with Gasteiger partial charge in [-0.2, -0.15) is 5.10 Å². The first-order chi connectivity index (χ1) is 5.83. The molecule has 2 heterocycles. The minimum atomic E-state index is 0.905. The van der Waals surface area contributed by atoms with Crippen LogP contribution in [0.1, 0.15) is 12.6 Å². The molecule has 12 heavy (non-hydrogen) atoms. The fourth-order valence-corrected chi connectivity index (χ4v) is 1.39. The van der Waals surface area contributed by atoms with E-state index >= 15 is 0 Å². The molecule has 0 aromatic carbocycles. The van der Waals surface area contributed by atoms with Crippen LogP contribution in [0.3, 0.4) is 0 Å². The van der Waals surface area contributed by atoms with Crippen LogP contribution in [-0.2, 0) is 6.54 Å². The van der Waals surface area contributed by atoms with Crippen LogP contribution in [0.5, 0.6) is 0 Å². The molecule has 0 unspecified atom stereocenters. The van der Waals surface area contributed by atoms with E-state index in [0.29, 0.717) is 0 Å². The molecular formula is C9H11N3. The van der Waals surface area contributed by atoms with Gasteiger partial charge in [-0.15, -0.1) is 0 Å². The topological polar surface area (TPSA) is 30.7 Å². The van der Waals surface area contributed by atoms with Crippen molar-refractivity contribution in [1.29, 1.82) is 0 Å². The molecule has 0 radical (unpaired) electrons. The fourth-order valence-electron chi connectivity index (χ4n) is 1.39. The smallest absolute Gasteiger partial charge is 0.111 e. The second kappa shape index (κ2) is 2.59. The van der Waals surface area contributed by atoms with E-state index in [0.717, 1.165) is 23.3 Å². The van der Waals surface area contributed by atoms with Crippen LogP contribution in [0.25, 0.3) is 11.0 Å². The number of rotatable bonds is 1. The fraction of sp³-hybridized carbons (Fsp3) is 0.333. The molecule has 3 nitrogen and oxygen atoms in total. The largest absolute Gasteiger partial charge is 0.267 e. The molecule has 0 atom stereocenters. The lowest BCUT2D eigenvalue weighted by molar-refractivity contribution is 0.647. The molecule has 0 amide bonds. The van der Waals surface area contributed by atoms with Crippen LogP contribution >= 0.6 is 0 Å². The quantitative estimate of drug-likeness (QED) is 0.638. The maximum Gasteiger partial charge on any atom is 0.111 e. The lowest BCUT2D eigenvalue weighted by atomic mass is 10.3. The van der Waals surface area contributed by atoms with Crippen LogP contribution < -0.4 is 0 Å². The molecule has 62 valence electrons. The first-order valence-electron chi connectivity index (χ1n) is 4.11. The van der Waals surface area contributed by atoms with Gasteiger partial charge in [-0.3, -0.25) is 9.67 Å². The van der Waals surface area contributed by atoms with Crippen LogP contribution in [-0.4, -0.2) is 14.8 Å². The van der Waals surface area contributed by atoms with Crippen molar-refractivity contribution in [3.05, 3.63) is 24.0 Å². The van der Waals surface area contributed by atoms with Crippen LogP contribution in [0.2, 0.25) is 0 Å². The Kier molecular flexibility index (Phi) is 1.57. The van der Waals surface area contributed by atoms with E-state index in [9.17, 15) is 0 Å². The van der Waals surface area contributed by atoms with E-state index in [1.54, 1.807) is 6.20 Å². The van der Waals surface area contributed by atoms with Gasteiger partial charge < -0.3 is 0 Å². The van der Waals surface area contributed by atoms with Crippen LogP contribution in [0.4, 0.5) is 0 Å². The Hall–Kier alpha value is -1.38.